The smallest absolute Gasteiger partial charge is 0.251 e. The van der Waals surface area contributed by atoms with Gasteiger partial charge in [-0.2, -0.15) is 11.8 Å². The zero-order chi connectivity index (χ0) is 66.9. The van der Waals surface area contributed by atoms with Crippen molar-refractivity contribution in [3.8, 4) is 0 Å². The summed E-state index contributed by atoms with van der Waals surface area (Å²) in [5, 5.41) is 13.7. The number of primary amides is 1. The number of thioether (sulfide) groups is 1. The normalized spacial score (nSPS) is 19.8. The van der Waals surface area contributed by atoms with E-state index in [1.165, 1.54) is 31.4 Å². The number of carbonyl (C=O) groups excluding carboxylic acids is 9. The van der Waals surface area contributed by atoms with Crippen molar-refractivity contribution in [2.24, 2.45) is 23.3 Å². The first-order valence-electron chi connectivity index (χ1n) is 33.7. The van der Waals surface area contributed by atoms with Crippen molar-refractivity contribution < 1.29 is 43.2 Å². The molecule has 5 aromatic carbocycles. The number of aromatic amines is 1. The van der Waals surface area contributed by atoms with Crippen LogP contribution in [0.2, 0.25) is 0 Å². The molecule has 3 heterocycles. The third-order valence-corrected chi connectivity index (χ3v) is 18.8. The SMILES string of the molecule is NCCCCC[C@H]1CN(C(=O)CCc2ccccc2)CC(=O)N[C@@H](Cc2ccccc2)CN(CC(N)=O)C(=O)CCSCc2ccc(cc2)C(=O)N[C@@H](Cc2ccccc2)CN(C(=O)CC2CC2)CC(=O)N[C@@H](Cc2c[nH]c3ccccc23)CN(C(=O)CC2CC2)CC(=O)N1. The van der Waals surface area contributed by atoms with Gasteiger partial charge in [0.25, 0.3) is 5.91 Å². The standard InChI is InChI=1S/C74H93N11O9S/c75-35-14-4-11-21-60-43-83(70(90)33-30-52-15-5-1-6-16-52)48-68(88)79-61(37-53-17-7-2-8-18-53)44-82(47-66(76)86)71(91)34-36-95-51-57-28-31-58(32-29-57)74(94)81-62(38-54-19-9-3-10-20-54)45-84(72(92)39-55-24-25-55)50-69(89)80-63(41-59-42-77-65-23-13-12-22-64(59)65)46-85(49-67(87)78-60)73(93)40-56-26-27-56/h1-3,5-10,12-13,15-20,22-23,28-29,31-32,42,55-56,60-63,77H,4,11,14,21,24-27,30,33-41,43-51,75H2,(H2,76,86)(H,78,87)(H,79,88)(H,80,89)(H,81,94)/t60-,61-,62-,63-/m0/s1. The molecule has 20 nitrogen and oxygen atoms in total. The number of benzene rings is 5. The van der Waals surface area contributed by atoms with Crippen molar-refractivity contribution in [3.05, 3.63) is 179 Å². The molecular formula is C74H93N11O9S. The third kappa shape index (κ3) is 23.9. The van der Waals surface area contributed by atoms with Gasteiger partial charge in [-0.15, -0.1) is 0 Å². The summed E-state index contributed by atoms with van der Waals surface area (Å²) in [6, 6.07) is 40.8. The molecule has 95 heavy (non-hydrogen) atoms. The predicted molar refractivity (Wildman–Crippen MR) is 369 cm³/mol. The number of carbonyl (C=O) groups is 9. The number of hydrogen-bond donors (Lipinski definition) is 7. The molecule has 2 aliphatic heterocycles. The molecule has 0 unspecified atom stereocenters. The number of rotatable bonds is 20. The monoisotopic (exact) mass is 1310 g/mol. The Morgan fingerprint density at radius 2 is 1.03 bits per heavy atom. The van der Waals surface area contributed by atoms with Gasteiger partial charge in [-0.05, 0) is 129 Å². The second kappa shape index (κ2) is 36.2. The predicted octanol–water partition coefficient (Wildman–Crippen LogP) is 6.64. The number of aryl methyl sites for hydroxylation is 1. The van der Waals surface area contributed by atoms with E-state index in [4.69, 9.17) is 11.5 Å². The molecule has 9 N–H and O–H groups in total. The van der Waals surface area contributed by atoms with Crippen LogP contribution in [0.3, 0.4) is 0 Å². The molecule has 21 heteroatoms. The number of H-pyrrole nitrogens is 1. The van der Waals surface area contributed by atoms with Crippen LogP contribution in [0.5, 0.6) is 0 Å². The molecule has 0 radical (unpaired) electrons. The van der Waals surface area contributed by atoms with Crippen LogP contribution in [0.15, 0.2) is 146 Å². The van der Waals surface area contributed by atoms with E-state index >= 15 is 0 Å². The minimum atomic E-state index is -0.761. The molecule has 10 rings (SSSR count). The first-order chi connectivity index (χ1) is 46.1. The van der Waals surface area contributed by atoms with Gasteiger partial charge in [0.05, 0.1) is 44.3 Å². The fourth-order valence-electron chi connectivity index (χ4n) is 12.4. The molecule has 2 bridgehead atoms. The fraction of sp³-hybridized carbons (Fsp3) is 0.446. The van der Waals surface area contributed by atoms with E-state index in [1.807, 2.05) is 134 Å². The number of hydrogen-bond acceptors (Lipinski definition) is 11. The summed E-state index contributed by atoms with van der Waals surface area (Å²) in [4.78, 5) is 139. The summed E-state index contributed by atoms with van der Waals surface area (Å²) >= 11 is 1.50. The van der Waals surface area contributed by atoms with Crippen LogP contribution in [0, 0.1) is 11.8 Å². The summed E-state index contributed by atoms with van der Waals surface area (Å²) in [6.07, 6.45) is 9.69. The molecule has 4 atom stereocenters. The average Bonchev–Trinajstić information content (AvgIpc) is 1.72. The minimum absolute atomic E-state index is 0.0189. The Balaban J connectivity index is 1.06. The Labute approximate surface area is 561 Å². The first kappa shape index (κ1) is 70.5. The second-order valence-corrected chi connectivity index (χ2v) is 27.0. The Bertz CT molecular complexity index is 3510. The van der Waals surface area contributed by atoms with Gasteiger partial charge in [-0.3, -0.25) is 43.2 Å². The number of aromatic nitrogens is 1. The molecule has 2 aliphatic carbocycles. The quantitative estimate of drug-likeness (QED) is 0.0314. The molecular weight excluding hydrogens is 1220 g/mol. The Kier molecular flexibility index (Phi) is 26.8. The largest absolute Gasteiger partial charge is 0.368 e. The van der Waals surface area contributed by atoms with E-state index in [0.29, 0.717) is 49.3 Å². The highest BCUT2D eigenvalue weighted by molar-refractivity contribution is 7.98. The highest BCUT2D eigenvalue weighted by Crippen LogP contribution is 2.34. The fourth-order valence-corrected chi connectivity index (χ4v) is 13.2. The van der Waals surface area contributed by atoms with E-state index in [0.717, 1.165) is 77.2 Å². The molecule has 1 aromatic heterocycles. The zero-order valence-electron chi connectivity index (χ0n) is 54.4. The number of nitrogens with two attached hydrogens (primary N) is 2. The van der Waals surface area contributed by atoms with Crippen LogP contribution >= 0.6 is 11.8 Å². The third-order valence-electron chi connectivity index (χ3n) is 17.7. The van der Waals surface area contributed by atoms with Crippen LogP contribution in [0.25, 0.3) is 10.9 Å². The van der Waals surface area contributed by atoms with Gasteiger partial charge >= 0.3 is 0 Å². The van der Waals surface area contributed by atoms with Crippen LogP contribution in [0.4, 0.5) is 0 Å². The molecule has 0 saturated heterocycles. The number of unbranched alkanes of at least 4 members (excludes halogenated alkanes) is 2. The van der Waals surface area contributed by atoms with Crippen molar-refractivity contribution in [2.75, 3.05) is 64.7 Å². The Morgan fingerprint density at radius 3 is 1.59 bits per heavy atom. The minimum Gasteiger partial charge on any atom is -0.368 e. The highest BCUT2D eigenvalue weighted by Gasteiger charge is 2.34. The van der Waals surface area contributed by atoms with Gasteiger partial charge in [-0.1, -0.05) is 134 Å². The number of nitrogens with zero attached hydrogens (tertiary/aromatic N) is 4. The average molecular weight is 1310 g/mol. The maximum Gasteiger partial charge on any atom is 0.251 e. The summed E-state index contributed by atoms with van der Waals surface area (Å²) in [5.74, 6) is -2.52. The lowest BCUT2D eigenvalue weighted by molar-refractivity contribution is -0.139. The Morgan fingerprint density at radius 1 is 0.526 bits per heavy atom. The zero-order valence-corrected chi connectivity index (χ0v) is 55.3. The molecule has 2 saturated carbocycles. The van der Waals surface area contributed by atoms with E-state index in [2.05, 4.69) is 26.3 Å². The van der Waals surface area contributed by atoms with Crippen LogP contribution in [-0.4, -0.2) is 167 Å². The molecule has 2 fully saturated rings. The van der Waals surface area contributed by atoms with Gasteiger partial charge in [0.2, 0.25) is 47.3 Å². The molecule has 0 spiro atoms. The first-order valence-corrected chi connectivity index (χ1v) is 34.9. The number of fused-ring (bicyclic) bond motifs is 30. The van der Waals surface area contributed by atoms with Crippen molar-refractivity contribution in [1.82, 2.24) is 45.9 Å². The summed E-state index contributed by atoms with van der Waals surface area (Å²) in [7, 11) is 0. The van der Waals surface area contributed by atoms with Crippen molar-refractivity contribution >= 4 is 75.8 Å². The lowest BCUT2D eigenvalue weighted by atomic mass is 10.0. The second-order valence-electron chi connectivity index (χ2n) is 25.9. The maximum absolute atomic E-state index is 14.9. The maximum atomic E-state index is 14.9. The van der Waals surface area contributed by atoms with Crippen LogP contribution < -0.4 is 32.7 Å². The van der Waals surface area contributed by atoms with Crippen molar-refractivity contribution in [3.63, 3.8) is 0 Å². The number of amides is 9. The van der Waals surface area contributed by atoms with Crippen molar-refractivity contribution in [1.29, 1.82) is 0 Å². The Hall–Kier alpha value is -8.82. The summed E-state index contributed by atoms with van der Waals surface area (Å²) < 4.78 is 0. The molecule has 9 amide bonds. The van der Waals surface area contributed by atoms with Crippen molar-refractivity contribution in [2.45, 2.75) is 133 Å². The van der Waals surface area contributed by atoms with E-state index in [-0.39, 0.29) is 119 Å². The molecule has 4 aliphatic rings. The van der Waals surface area contributed by atoms with Gasteiger partial charge in [0.1, 0.15) is 0 Å². The highest BCUT2D eigenvalue weighted by atomic mass is 32.2. The molecule has 504 valence electrons. The van der Waals surface area contributed by atoms with E-state index in [9.17, 15) is 43.2 Å². The van der Waals surface area contributed by atoms with E-state index < -0.39 is 60.9 Å². The summed E-state index contributed by atoms with van der Waals surface area (Å²) in [6.45, 7) is -1.25. The number of para-hydroxylation sites is 1. The van der Waals surface area contributed by atoms with Gasteiger partial charge in [-0.25, -0.2) is 0 Å². The lowest BCUT2D eigenvalue weighted by Gasteiger charge is -2.32. The van der Waals surface area contributed by atoms with Gasteiger partial charge in [0.15, 0.2) is 0 Å². The summed E-state index contributed by atoms with van der Waals surface area (Å²) in [5.41, 5.74) is 17.5. The topological polar surface area (TPSA) is 283 Å². The van der Waals surface area contributed by atoms with Crippen LogP contribution in [0.1, 0.15) is 115 Å². The number of nitrogens with one attached hydrogen (secondary N) is 5. The van der Waals surface area contributed by atoms with E-state index in [1.54, 1.807) is 12.1 Å². The molecule has 6 aromatic rings. The van der Waals surface area contributed by atoms with Gasteiger partial charge < -0.3 is 57.3 Å². The lowest BCUT2D eigenvalue weighted by Crippen LogP contribution is -2.55. The van der Waals surface area contributed by atoms with Gasteiger partial charge in [0, 0.05) is 92.1 Å². The van der Waals surface area contributed by atoms with Crippen LogP contribution in [-0.2, 0) is 69.8 Å².